The molecule has 1 unspecified atom stereocenters. The molecule has 16 heavy (non-hydrogen) atoms. The molecule has 0 saturated heterocycles. The molecule has 0 aliphatic carbocycles. The Balaban J connectivity index is 2.41. The van der Waals surface area contributed by atoms with Crippen LogP contribution in [0.15, 0.2) is 24.3 Å². The van der Waals surface area contributed by atoms with Crippen LogP contribution in [0.25, 0.3) is 0 Å². The average molecular weight is 225 g/mol. The zero-order chi connectivity index (χ0) is 12.2. The third-order valence-corrected chi connectivity index (χ3v) is 2.45. The Labute approximate surface area is 96.5 Å². The molecule has 0 aliphatic heterocycles. The van der Waals surface area contributed by atoms with Gasteiger partial charge in [-0.25, -0.2) is 4.39 Å². The van der Waals surface area contributed by atoms with Crippen LogP contribution in [0.1, 0.15) is 32.3 Å². The fraction of sp³-hybridized carbons (Fsp3) is 0.538. The van der Waals surface area contributed by atoms with Crippen LogP contribution in [-0.4, -0.2) is 23.8 Å². The number of aliphatic hydroxyl groups is 1. The zero-order valence-corrected chi connectivity index (χ0v) is 10.1. The second-order valence-corrected chi connectivity index (χ2v) is 4.90. The van der Waals surface area contributed by atoms with Gasteiger partial charge in [-0.15, -0.1) is 0 Å². The minimum atomic E-state index is -0.692. The standard InChI is InChI=1S/C13H20FNO/c1-10(8-15-9-13(2,3)16)11-4-6-12(14)7-5-11/h4-7,10,15-16H,8-9H2,1-3H3. The van der Waals surface area contributed by atoms with Crippen molar-refractivity contribution in [1.82, 2.24) is 5.32 Å². The summed E-state index contributed by atoms with van der Waals surface area (Å²) in [6.07, 6.45) is 0. The van der Waals surface area contributed by atoms with Crippen LogP contribution < -0.4 is 5.32 Å². The summed E-state index contributed by atoms with van der Waals surface area (Å²) in [7, 11) is 0. The van der Waals surface area contributed by atoms with Gasteiger partial charge in [0, 0.05) is 13.1 Å². The lowest BCUT2D eigenvalue weighted by atomic mass is 10.0. The molecule has 2 nitrogen and oxygen atoms in total. The van der Waals surface area contributed by atoms with Crippen molar-refractivity contribution >= 4 is 0 Å². The molecule has 0 fully saturated rings. The van der Waals surface area contributed by atoms with E-state index in [4.69, 9.17) is 0 Å². The average Bonchev–Trinajstić information content (AvgIpc) is 2.16. The van der Waals surface area contributed by atoms with E-state index in [0.717, 1.165) is 12.1 Å². The van der Waals surface area contributed by atoms with Crippen molar-refractivity contribution < 1.29 is 9.50 Å². The van der Waals surface area contributed by atoms with E-state index in [0.29, 0.717) is 12.5 Å². The van der Waals surface area contributed by atoms with Crippen molar-refractivity contribution in [3.05, 3.63) is 35.6 Å². The lowest BCUT2D eigenvalue weighted by Crippen LogP contribution is -2.36. The van der Waals surface area contributed by atoms with Crippen molar-refractivity contribution in [3.8, 4) is 0 Å². The molecular weight excluding hydrogens is 205 g/mol. The van der Waals surface area contributed by atoms with Crippen molar-refractivity contribution in [3.63, 3.8) is 0 Å². The quantitative estimate of drug-likeness (QED) is 0.806. The van der Waals surface area contributed by atoms with E-state index in [2.05, 4.69) is 12.2 Å². The molecule has 1 aromatic rings. The van der Waals surface area contributed by atoms with Crippen LogP contribution in [-0.2, 0) is 0 Å². The van der Waals surface area contributed by atoms with E-state index >= 15 is 0 Å². The van der Waals surface area contributed by atoms with Crippen molar-refractivity contribution in [2.75, 3.05) is 13.1 Å². The molecule has 1 rings (SSSR count). The first-order valence-electron chi connectivity index (χ1n) is 5.57. The summed E-state index contributed by atoms with van der Waals surface area (Å²) < 4.78 is 12.7. The third-order valence-electron chi connectivity index (χ3n) is 2.45. The smallest absolute Gasteiger partial charge is 0.123 e. The van der Waals surface area contributed by atoms with Gasteiger partial charge in [0.1, 0.15) is 5.82 Å². The molecule has 1 atom stereocenters. The van der Waals surface area contributed by atoms with Crippen LogP contribution in [0, 0.1) is 5.82 Å². The molecule has 0 radical (unpaired) electrons. The van der Waals surface area contributed by atoms with Gasteiger partial charge in [-0.1, -0.05) is 19.1 Å². The molecule has 0 aliphatic rings. The highest BCUT2D eigenvalue weighted by atomic mass is 19.1. The molecular formula is C13H20FNO. The van der Waals surface area contributed by atoms with Gasteiger partial charge in [0.25, 0.3) is 0 Å². The van der Waals surface area contributed by atoms with E-state index in [1.54, 1.807) is 26.0 Å². The van der Waals surface area contributed by atoms with Gasteiger partial charge in [0.2, 0.25) is 0 Å². The van der Waals surface area contributed by atoms with Crippen LogP contribution in [0.4, 0.5) is 4.39 Å². The number of nitrogens with one attached hydrogen (secondary N) is 1. The molecule has 2 N–H and O–H groups in total. The molecule has 1 aromatic carbocycles. The molecule has 0 spiro atoms. The summed E-state index contributed by atoms with van der Waals surface area (Å²) >= 11 is 0. The van der Waals surface area contributed by atoms with E-state index in [1.165, 1.54) is 12.1 Å². The van der Waals surface area contributed by atoms with E-state index < -0.39 is 5.60 Å². The summed E-state index contributed by atoms with van der Waals surface area (Å²) in [5.74, 6) is 0.100. The monoisotopic (exact) mass is 225 g/mol. The van der Waals surface area contributed by atoms with Gasteiger partial charge in [0.05, 0.1) is 5.60 Å². The summed E-state index contributed by atoms with van der Waals surface area (Å²) in [5, 5.41) is 12.7. The maximum absolute atomic E-state index is 12.7. The summed E-state index contributed by atoms with van der Waals surface area (Å²) in [5.41, 5.74) is 0.410. The minimum Gasteiger partial charge on any atom is -0.389 e. The van der Waals surface area contributed by atoms with E-state index in [1.807, 2.05) is 0 Å². The van der Waals surface area contributed by atoms with Crippen LogP contribution in [0.2, 0.25) is 0 Å². The van der Waals surface area contributed by atoms with Gasteiger partial charge < -0.3 is 10.4 Å². The predicted octanol–water partition coefficient (Wildman–Crippen LogP) is 2.29. The molecule has 3 heteroatoms. The molecule has 0 heterocycles. The normalized spacial score (nSPS) is 13.8. The van der Waals surface area contributed by atoms with E-state index in [9.17, 15) is 9.50 Å². The maximum Gasteiger partial charge on any atom is 0.123 e. The lowest BCUT2D eigenvalue weighted by molar-refractivity contribution is 0.0797. The highest BCUT2D eigenvalue weighted by Crippen LogP contribution is 2.14. The number of hydrogen-bond acceptors (Lipinski definition) is 2. The van der Waals surface area contributed by atoms with Gasteiger partial charge in [0.15, 0.2) is 0 Å². The topological polar surface area (TPSA) is 32.3 Å². The second kappa shape index (κ2) is 5.41. The van der Waals surface area contributed by atoms with Crippen LogP contribution in [0.3, 0.4) is 0 Å². The first-order valence-corrected chi connectivity index (χ1v) is 5.57. The molecule has 0 bridgehead atoms. The number of hydrogen-bond donors (Lipinski definition) is 2. The molecule has 0 aromatic heterocycles. The second-order valence-electron chi connectivity index (χ2n) is 4.90. The largest absolute Gasteiger partial charge is 0.389 e. The molecule has 0 amide bonds. The Kier molecular flexibility index (Phi) is 4.44. The Morgan fingerprint density at radius 2 is 1.88 bits per heavy atom. The highest BCUT2D eigenvalue weighted by Gasteiger charge is 2.12. The SMILES string of the molecule is CC(CNCC(C)(C)O)c1ccc(F)cc1. The van der Waals surface area contributed by atoms with Crippen LogP contribution in [0.5, 0.6) is 0 Å². The Morgan fingerprint density at radius 3 is 2.38 bits per heavy atom. The predicted molar refractivity (Wildman–Crippen MR) is 64.0 cm³/mol. The first kappa shape index (κ1) is 13.1. The number of rotatable bonds is 5. The van der Waals surface area contributed by atoms with Gasteiger partial charge in [-0.05, 0) is 37.5 Å². The van der Waals surface area contributed by atoms with Gasteiger partial charge >= 0.3 is 0 Å². The van der Waals surface area contributed by atoms with Crippen LogP contribution >= 0.6 is 0 Å². The fourth-order valence-electron chi connectivity index (χ4n) is 1.50. The number of benzene rings is 1. The number of halogens is 1. The molecule has 0 saturated carbocycles. The lowest BCUT2D eigenvalue weighted by Gasteiger charge is -2.20. The zero-order valence-electron chi connectivity index (χ0n) is 10.1. The molecule has 90 valence electrons. The maximum atomic E-state index is 12.7. The first-order chi connectivity index (χ1) is 7.38. The Bertz CT molecular complexity index is 316. The van der Waals surface area contributed by atoms with Gasteiger partial charge in [-0.2, -0.15) is 0 Å². The Hall–Kier alpha value is -0.930. The van der Waals surface area contributed by atoms with Crippen molar-refractivity contribution in [2.24, 2.45) is 0 Å². The summed E-state index contributed by atoms with van der Waals surface area (Å²) in [6.45, 7) is 6.93. The van der Waals surface area contributed by atoms with Gasteiger partial charge in [-0.3, -0.25) is 0 Å². The van der Waals surface area contributed by atoms with Crippen molar-refractivity contribution in [2.45, 2.75) is 32.3 Å². The Morgan fingerprint density at radius 1 is 1.31 bits per heavy atom. The third kappa shape index (κ3) is 4.73. The minimum absolute atomic E-state index is 0.208. The highest BCUT2D eigenvalue weighted by molar-refractivity contribution is 5.20. The van der Waals surface area contributed by atoms with Crippen molar-refractivity contribution in [1.29, 1.82) is 0 Å². The summed E-state index contributed by atoms with van der Waals surface area (Å²) in [6, 6.07) is 6.54. The summed E-state index contributed by atoms with van der Waals surface area (Å²) in [4.78, 5) is 0. The fourth-order valence-corrected chi connectivity index (χ4v) is 1.50. The van der Waals surface area contributed by atoms with E-state index in [-0.39, 0.29) is 5.82 Å².